The van der Waals surface area contributed by atoms with Crippen LogP contribution in [-0.4, -0.2) is 7.05 Å². The van der Waals surface area contributed by atoms with Crippen LogP contribution in [0.25, 0.3) is 12.2 Å². The molecule has 0 saturated heterocycles. The first-order chi connectivity index (χ1) is 8.88. The third-order valence-corrected chi connectivity index (χ3v) is 3.32. The van der Waals surface area contributed by atoms with Gasteiger partial charge in [0.05, 0.1) is 12.2 Å². The van der Waals surface area contributed by atoms with Gasteiger partial charge in [-0.15, -0.1) is 0 Å². The van der Waals surface area contributed by atoms with E-state index in [0.29, 0.717) is 0 Å². The van der Waals surface area contributed by atoms with Crippen LogP contribution in [0.2, 0.25) is 0 Å². The number of fused-ring (bicyclic) bond motifs is 2. The average molecular weight is 236 g/mol. The van der Waals surface area contributed by atoms with Crippen molar-refractivity contribution < 1.29 is 0 Å². The Morgan fingerprint density at radius 3 is 2.39 bits per heavy atom. The lowest BCUT2D eigenvalue weighted by Gasteiger charge is -2.27. The molecule has 2 aromatic carbocycles. The van der Waals surface area contributed by atoms with Crippen LogP contribution in [0.4, 0.5) is 5.69 Å². The minimum absolute atomic E-state index is 0.869. The van der Waals surface area contributed by atoms with Crippen LogP contribution in [0.1, 0.15) is 16.7 Å². The summed E-state index contributed by atoms with van der Waals surface area (Å²) in [6.07, 6.45) is 4.37. The lowest BCUT2D eigenvalue weighted by atomic mass is 10.0. The molecule has 0 saturated carbocycles. The molecule has 0 aliphatic carbocycles. The first-order valence-corrected chi connectivity index (χ1v) is 6.18. The molecular formula is C16H16N2. The van der Waals surface area contributed by atoms with Crippen molar-refractivity contribution in [2.24, 2.45) is 0 Å². The summed E-state index contributed by atoms with van der Waals surface area (Å²) < 4.78 is 0. The normalized spacial score (nSPS) is 15.3. The summed E-state index contributed by atoms with van der Waals surface area (Å²) in [7, 11) is 1.96. The van der Waals surface area contributed by atoms with Gasteiger partial charge in [-0.05, 0) is 22.8 Å². The fourth-order valence-corrected chi connectivity index (χ4v) is 2.35. The second kappa shape index (κ2) is 4.67. The van der Waals surface area contributed by atoms with Crippen molar-refractivity contribution in [3.8, 4) is 0 Å². The molecule has 0 atom stereocenters. The zero-order valence-electron chi connectivity index (χ0n) is 10.4. The first-order valence-electron chi connectivity index (χ1n) is 6.18. The Hall–Kier alpha value is -2.06. The van der Waals surface area contributed by atoms with Gasteiger partial charge in [0.2, 0.25) is 0 Å². The van der Waals surface area contributed by atoms with E-state index < -0.39 is 0 Å². The molecule has 18 heavy (non-hydrogen) atoms. The van der Waals surface area contributed by atoms with E-state index in [2.05, 4.69) is 71.1 Å². The van der Waals surface area contributed by atoms with Crippen molar-refractivity contribution in [1.82, 2.24) is 5.43 Å². The lowest BCUT2D eigenvalue weighted by Crippen LogP contribution is -2.35. The molecule has 0 unspecified atom stereocenters. The summed E-state index contributed by atoms with van der Waals surface area (Å²) in [4.78, 5) is 0. The quantitative estimate of drug-likeness (QED) is 0.817. The molecule has 90 valence electrons. The van der Waals surface area contributed by atoms with Gasteiger partial charge in [-0.3, -0.25) is 0 Å². The van der Waals surface area contributed by atoms with Crippen molar-refractivity contribution in [3.05, 3.63) is 65.2 Å². The number of anilines is 1. The van der Waals surface area contributed by atoms with Crippen LogP contribution < -0.4 is 10.4 Å². The maximum absolute atomic E-state index is 3.27. The second-order valence-corrected chi connectivity index (χ2v) is 4.40. The minimum atomic E-state index is 0.869. The van der Waals surface area contributed by atoms with Gasteiger partial charge in [0.25, 0.3) is 0 Å². The van der Waals surface area contributed by atoms with E-state index in [-0.39, 0.29) is 0 Å². The average Bonchev–Trinajstić information content (AvgIpc) is 2.41. The third kappa shape index (κ3) is 1.91. The van der Waals surface area contributed by atoms with Crippen molar-refractivity contribution in [2.75, 3.05) is 12.1 Å². The van der Waals surface area contributed by atoms with Crippen LogP contribution in [0.5, 0.6) is 0 Å². The summed E-state index contributed by atoms with van der Waals surface area (Å²) in [5.41, 5.74) is 8.33. The Morgan fingerprint density at radius 2 is 1.56 bits per heavy atom. The molecule has 2 aromatic rings. The molecule has 0 amide bonds. The third-order valence-electron chi connectivity index (χ3n) is 3.32. The molecule has 0 aromatic heterocycles. The van der Waals surface area contributed by atoms with Crippen LogP contribution in [-0.2, 0) is 6.54 Å². The van der Waals surface area contributed by atoms with E-state index >= 15 is 0 Å². The largest absolute Gasteiger partial charge is 0.304 e. The molecule has 0 spiro atoms. The highest BCUT2D eigenvalue weighted by Gasteiger charge is 2.12. The fraction of sp³-hybridized carbons (Fsp3) is 0.125. The highest BCUT2D eigenvalue weighted by molar-refractivity contribution is 5.79. The van der Waals surface area contributed by atoms with E-state index in [1.165, 1.54) is 22.4 Å². The Bertz CT molecular complexity index is 587. The molecule has 2 heteroatoms. The molecule has 0 fully saturated rings. The topological polar surface area (TPSA) is 15.3 Å². The maximum Gasteiger partial charge on any atom is 0.0601 e. The summed E-state index contributed by atoms with van der Waals surface area (Å²) in [5, 5.41) is 2.18. The lowest BCUT2D eigenvalue weighted by molar-refractivity contribution is 0.700. The monoisotopic (exact) mass is 236 g/mol. The highest BCUT2D eigenvalue weighted by Crippen LogP contribution is 2.26. The molecule has 1 aliphatic rings. The Labute approximate surface area is 108 Å². The van der Waals surface area contributed by atoms with Crippen LogP contribution >= 0.6 is 0 Å². The molecular weight excluding hydrogens is 220 g/mol. The second-order valence-electron chi connectivity index (χ2n) is 4.40. The van der Waals surface area contributed by atoms with Gasteiger partial charge in [0.1, 0.15) is 0 Å². The number of hydrazine groups is 1. The first kappa shape index (κ1) is 11.1. The van der Waals surface area contributed by atoms with Crippen molar-refractivity contribution in [2.45, 2.75) is 6.54 Å². The van der Waals surface area contributed by atoms with E-state index in [9.17, 15) is 0 Å². The number of rotatable bonds is 1. The smallest absolute Gasteiger partial charge is 0.0601 e. The van der Waals surface area contributed by atoms with Crippen LogP contribution in [0.3, 0.4) is 0 Å². The number of benzene rings is 2. The van der Waals surface area contributed by atoms with Crippen molar-refractivity contribution in [1.29, 1.82) is 0 Å². The number of hydrogen-bond donors (Lipinski definition) is 1. The predicted molar refractivity (Wildman–Crippen MR) is 77.1 cm³/mol. The van der Waals surface area contributed by atoms with Gasteiger partial charge in [0, 0.05) is 7.05 Å². The van der Waals surface area contributed by atoms with E-state index in [4.69, 9.17) is 0 Å². The molecule has 1 heterocycles. The zero-order valence-corrected chi connectivity index (χ0v) is 10.4. The van der Waals surface area contributed by atoms with E-state index in [0.717, 1.165) is 6.54 Å². The molecule has 0 radical (unpaired) electrons. The van der Waals surface area contributed by atoms with Gasteiger partial charge in [0.15, 0.2) is 0 Å². The van der Waals surface area contributed by atoms with E-state index in [1.54, 1.807) is 0 Å². The maximum atomic E-state index is 3.27. The summed E-state index contributed by atoms with van der Waals surface area (Å²) in [6, 6.07) is 16.9. The SMILES string of the molecule is CNN1Cc2ccccc2/C=C\c2ccccc21. The van der Waals surface area contributed by atoms with Gasteiger partial charge < -0.3 is 5.01 Å². The Balaban J connectivity index is 2.15. The minimum Gasteiger partial charge on any atom is -0.304 e. The zero-order chi connectivity index (χ0) is 12.4. The summed E-state index contributed by atoms with van der Waals surface area (Å²) >= 11 is 0. The summed E-state index contributed by atoms with van der Waals surface area (Å²) in [6.45, 7) is 0.869. The van der Waals surface area contributed by atoms with Gasteiger partial charge in [-0.1, -0.05) is 54.6 Å². The molecule has 1 aliphatic heterocycles. The van der Waals surface area contributed by atoms with Gasteiger partial charge >= 0.3 is 0 Å². The van der Waals surface area contributed by atoms with Crippen molar-refractivity contribution >= 4 is 17.8 Å². The standard InChI is InChI=1S/C16H16N2/c1-17-18-12-15-8-3-2-6-13(15)10-11-14-7-4-5-9-16(14)18/h2-11,17H,12H2,1H3/b11-10-. The van der Waals surface area contributed by atoms with E-state index in [1.807, 2.05) is 7.05 Å². The predicted octanol–water partition coefficient (Wildman–Crippen LogP) is 3.31. The number of nitrogens with one attached hydrogen (secondary N) is 1. The molecule has 1 N–H and O–H groups in total. The Kier molecular flexibility index (Phi) is 2.87. The van der Waals surface area contributed by atoms with Gasteiger partial charge in [-0.2, -0.15) is 0 Å². The van der Waals surface area contributed by atoms with Crippen molar-refractivity contribution in [3.63, 3.8) is 0 Å². The molecule has 2 nitrogen and oxygen atoms in total. The highest BCUT2D eigenvalue weighted by atomic mass is 15.5. The van der Waals surface area contributed by atoms with Gasteiger partial charge in [-0.25, -0.2) is 5.43 Å². The van der Waals surface area contributed by atoms with Crippen LogP contribution in [0.15, 0.2) is 48.5 Å². The molecule has 0 bridgehead atoms. The van der Waals surface area contributed by atoms with Crippen LogP contribution in [0, 0.1) is 0 Å². The Morgan fingerprint density at radius 1 is 0.889 bits per heavy atom. The molecule has 3 rings (SSSR count). The number of nitrogens with zero attached hydrogens (tertiary/aromatic N) is 1. The summed E-state index contributed by atoms with van der Waals surface area (Å²) in [5.74, 6) is 0. The fourth-order valence-electron chi connectivity index (χ4n) is 2.35. The number of hydrogen-bond acceptors (Lipinski definition) is 2. The number of para-hydroxylation sites is 1.